The lowest BCUT2D eigenvalue weighted by atomic mass is 9.94. The van der Waals surface area contributed by atoms with E-state index in [1.165, 1.54) is 11.7 Å². The van der Waals surface area contributed by atoms with Crippen molar-refractivity contribution in [3.8, 4) is 0 Å². The minimum Gasteiger partial charge on any atom is -0.352 e. The van der Waals surface area contributed by atoms with E-state index in [0.29, 0.717) is 12.3 Å². The van der Waals surface area contributed by atoms with E-state index in [0.717, 1.165) is 48.9 Å². The van der Waals surface area contributed by atoms with Crippen LogP contribution < -0.4 is 5.32 Å². The fourth-order valence-electron chi connectivity index (χ4n) is 3.86. The zero-order valence-electron chi connectivity index (χ0n) is 14.4. The predicted octanol–water partition coefficient (Wildman–Crippen LogP) is 1.21. The molecule has 1 N–H and O–H groups in total. The van der Waals surface area contributed by atoms with Gasteiger partial charge in [-0.05, 0) is 50.0 Å². The van der Waals surface area contributed by atoms with Crippen LogP contribution in [0.1, 0.15) is 24.8 Å². The Balaban J connectivity index is 1.27. The van der Waals surface area contributed by atoms with Crippen molar-refractivity contribution in [2.24, 2.45) is 5.92 Å². The summed E-state index contributed by atoms with van der Waals surface area (Å²) in [4.78, 5) is 14.7. The summed E-state index contributed by atoms with van der Waals surface area (Å²) in [6, 6.07) is 5.99. The molecule has 1 unspecified atom stereocenters. The van der Waals surface area contributed by atoms with Crippen molar-refractivity contribution < 1.29 is 13.2 Å². The number of carbonyl (C=O) groups excluding carboxylic acids is 1. The minimum absolute atomic E-state index is 0.00827. The summed E-state index contributed by atoms with van der Waals surface area (Å²) < 4.78 is 31.7. The van der Waals surface area contributed by atoms with E-state index < -0.39 is 9.84 Å². The highest BCUT2D eigenvalue weighted by atomic mass is 32.2. The summed E-state index contributed by atoms with van der Waals surface area (Å²) in [6.45, 7) is 2.09. The van der Waals surface area contributed by atoms with Gasteiger partial charge in [-0.2, -0.15) is 8.75 Å². The van der Waals surface area contributed by atoms with Gasteiger partial charge in [-0.25, -0.2) is 8.42 Å². The Morgan fingerprint density at radius 2 is 1.96 bits per heavy atom. The maximum absolute atomic E-state index is 12.5. The molecule has 2 aliphatic heterocycles. The number of fused-ring (bicyclic) bond motifs is 1. The normalized spacial score (nSPS) is 24.1. The van der Waals surface area contributed by atoms with Crippen LogP contribution in [0, 0.1) is 5.92 Å². The van der Waals surface area contributed by atoms with Gasteiger partial charge in [0.2, 0.25) is 5.91 Å². The first-order valence-corrected chi connectivity index (χ1v) is 11.5. The van der Waals surface area contributed by atoms with E-state index in [1.54, 1.807) is 0 Å². The first-order valence-electron chi connectivity index (χ1n) is 8.93. The van der Waals surface area contributed by atoms with Gasteiger partial charge in [0.1, 0.15) is 11.0 Å². The number of amides is 1. The second-order valence-electron chi connectivity index (χ2n) is 7.17. The molecule has 0 bridgehead atoms. The summed E-state index contributed by atoms with van der Waals surface area (Å²) in [5.41, 5.74) is 2.76. The molecular weight excluding hydrogens is 372 g/mol. The minimum atomic E-state index is -2.86. The highest BCUT2D eigenvalue weighted by Crippen LogP contribution is 2.24. The molecule has 26 heavy (non-hydrogen) atoms. The van der Waals surface area contributed by atoms with Crippen molar-refractivity contribution >= 4 is 38.5 Å². The van der Waals surface area contributed by atoms with Gasteiger partial charge >= 0.3 is 0 Å². The van der Waals surface area contributed by atoms with Crippen LogP contribution in [0.25, 0.3) is 11.0 Å². The number of nitrogens with zero attached hydrogens (tertiary/aromatic N) is 3. The largest absolute Gasteiger partial charge is 0.352 e. The third kappa shape index (κ3) is 3.89. The Bertz CT molecular complexity index is 904. The Labute approximate surface area is 157 Å². The van der Waals surface area contributed by atoms with Gasteiger partial charge < -0.3 is 5.32 Å². The summed E-state index contributed by atoms with van der Waals surface area (Å²) in [6.07, 6.45) is 2.31. The van der Waals surface area contributed by atoms with Crippen LogP contribution in [-0.2, 0) is 21.2 Å². The van der Waals surface area contributed by atoms with Crippen molar-refractivity contribution in [3.05, 3.63) is 23.8 Å². The number of rotatable bonds is 4. The smallest absolute Gasteiger partial charge is 0.223 e. The number of aromatic nitrogens is 2. The zero-order chi connectivity index (χ0) is 18.1. The van der Waals surface area contributed by atoms with Crippen LogP contribution in [0.2, 0.25) is 0 Å². The van der Waals surface area contributed by atoms with Gasteiger partial charge in [-0.1, -0.05) is 6.07 Å². The van der Waals surface area contributed by atoms with Crippen LogP contribution in [-0.4, -0.2) is 58.6 Å². The average molecular weight is 395 g/mol. The number of hydrogen-bond donors (Lipinski definition) is 1. The maximum atomic E-state index is 12.5. The highest BCUT2D eigenvalue weighted by molar-refractivity contribution is 7.91. The van der Waals surface area contributed by atoms with Crippen molar-refractivity contribution in [2.75, 3.05) is 24.6 Å². The predicted molar refractivity (Wildman–Crippen MR) is 101 cm³/mol. The number of carbonyl (C=O) groups is 1. The molecule has 1 atom stereocenters. The van der Waals surface area contributed by atoms with E-state index >= 15 is 0 Å². The lowest BCUT2D eigenvalue weighted by Crippen LogP contribution is -2.45. The highest BCUT2D eigenvalue weighted by Gasteiger charge is 2.35. The third-order valence-corrected chi connectivity index (χ3v) is 7.72. The molecule has 0 saturated carbocycles. The maximum Gasteiger partial charge on any atom is 0.223 e. The van der Waals surface area contributed by atoms with Gasteiger partial charge in [0, 0.05) is 18.5 Å². The van der Waals surface area contributed by atoms with Crippen LogP contribution in [0.3, 0.4) is 0 Å². The SMILES string of the molecule is O=C(NCc1ccc2nsnc2c1)C1CCN(C2CCS(=O)(=O)C2)CC1. The Kier molecular flexibility index (Phi) is 4.94. The van der Waals surface area contributed by atoms with E-state index in [1.807, 2.05) is 18.2 Å². The molecule has 3 heterocycles. The van der Waals surface area contributed by atoms with Crippen molar-refractivity contribution in [3.63, 3.8) is 0 Å². The van der Waals surface area contributed by atoms with Gasteiger partial charge in [0.15, 0.2) is 9.84 Å². The summed E-state index contributed by atoms with van der Waals surface area (Å²) >= 11 is 1.19. The molecule has 2 aromatic rings. The van der Waals surface area contributed by atoms with Crippen LogP contribution in [0.15, 0.2) is 18.2 Å². The third-order valence-electron chi connectivity index (χ3n) is 5.41. The van der Waals surface area contributed by atoms with Gasteiger partial charge in [0.25, 0.3) is 0 Å². The number of sulfone groups is 1. The average Bonchev–Trinajstić information content (AvgIpc) is 3.25. The molecule has 4 rings (SSSR count). The van der Waals surface area contributed by atoms with Crippen molar-refractivity contribution in [1.29, 1.82) is 0 Å². The molecule has 0 radical (unpaired) electrons. The lowest BCUT2D eigenvalue weighted by Gasteiger charge is -2.34. The molecule has 140 valence electrons. The van der Waals surface area contributed by atoms with Crippen LogP contribution in [0.4, 0.5) is 0 Å². The standard InChI is InChI=1S/C17H22N4O3S2/c22-17(18-10-12-1-2-15-16(9-12)20-25-19-15)13-3-6-21(7-4-13)14-5-8-26(23,24)11-14/h1-2,9,13-14H,3-8,10-11H2,(H,18,22). The molecule has 0 aliphatic carbocycles. The topological polar surface area (TPSA) is 92.3 Å². The molecule has 2 saturated heterocycles. The van der Waals surface area contributed by atoms with Crippen LogP contribution >= 0.6 is 11.7 Å². The van der Waals surface area contributed by atoms with E-state index in [-0.39, 0.29) is 23.6 Å². The number of likely N-dealkylation sites (tertiary alicyclic amines) is 1. The number of piperidine rings is 1. The van der Waals surface area contributed by atoms with Gasteiger partial charge in [-0.15, -0.1) is 0 Å². The summed E-state index contributed by atoms with van der Waals surface area (Å²) in [7, 11) is -2.86. The molecule has 0 spiro atoms. The Morgan fingerprint density at radius 1 is 1.19 bits per heavy atom. The molecule has 7 nitrogen and oxygen atoms in total. The first-order chi connectivity index (χ1) is 12.5. The fraction of sp³-hybridized carbons (Fsp3) is 0.588. The molecule has 9 heteroatoms. The van der Waals surface area contributed by atoms with Crippen molar-refractivity contribution in [2.45, 2.75) is 31.8 Å². The van der Waals surface area contributed by atoms with E-state index in [2.05, 4.69) is 19.0 Å². The lowest BCUT2D eigenvalue weighted by molar-refractivity contribution is -0.126. The second-order valence-corrected chi connectivity index (χ2v) is 9.93. The van der Waals surface area contributed by atoms with Crippen molar-refractivity contribution in [1.82, 2.24) is 19.0 Å². The molecule has 1 amide bonds. The number of nitrogens with one attached hydrogen (secondary N) is 1. The van der Waals surface area contributed by atoms with Gasteiger partial charge in [0.05, 0.1) is 23.2 Å². The fourth-order valence-corrected chi connectivity index (χ4v) is 6.14. The van der Waals surface area contributed by atoms with Gasteiger partial charge in [-0.3, -0.25) is 9.69 Å². The van der Waals surface area contributed by atoms with E-state index in [4.69, 9.17) is 0 Å². The summed E-state index contributed by atoms with van der Waals surface area (Å²) in [5.74, 6) is 0.670. The molecule has 1 aromatic carbocycles. The molecule has 2 fully saturated rings. The summed E-state index contributed by atoms with van der Waals surface area (Å²) in [5, 5.41) is 3.02. The monoisotopic (exact) mass is 394 g/mol. The Morgan fingerprint density at radius 3 is 2.69 bits per heavy atom. The first kappa shape index (κ1) is 17.8. The second kappa shape index (κ2) is 7.21. The number of benzene rings is 1. The Hall–Kier alpha value is -1.58. The molecule has 2 aliphatic rings. The van der Waals surface area contributed by atoms with Crippen LogP contribution in [0.5, 0.6) is 0 Å². The quantitative estimate of drug-likeness (QED) is 0.838. The zero-order valence-corrected chi connectivity index (χ0v) is 16.1. The molecule has 1 aromatic heterocycles. The van der Waals surface area contributed by atoms with E-state index in [9.17, 15) is 13.2 Å². The molecular formula is C17H22N4O3S2. The number of hydrogen-bond acceptors (Lipinski definition) is 7.